The van der Waals surface area contributed by atoms with Gasteiger partial charge in [0, 0.05) is 0 Å². The zero-order valence-electron chi connectivity index (χ0n) is 12.4. The molecule has 0 aliphatic heterocycles. The van der Waals surface area contributed by atoms with Gasteiger partial charge in [0.05, 0.1) is 15.5 Å². The predicted octanol–water partition coefficient (Wildman–Crippen LogP) is 5.09. The lowest BCUT2D eigenvalue weighted by Crippen LogP contribution is -2.52. The highest BCUT2D eigenvalue weighted by Crippen LogP contribution is 2.58. The van der Waals surface area contributed by atoms with Gasteiger partial charge in [0.25, 0.3) is 0 Å². The average Bonchev–Trinajstić information content (AvgIpc) is 2.42. The number of hydrogen-bond acceptors (Lipinski definition) is 1. The van der Waals surface area contributed by atoms with Gasteiger partial charge in [0.15, 0.2) is 0 Å². The fraction of sp³-hybridized carbons (Fsp3) is 0.588. The van der Waals surface area contributed by atoms with Crippen LogP contribution in [0, 0.1) is 11.3 Å². The van der Waals surface area contributed by atoms with Crippen molar-refractivity contribution in [1.29, 1.82) is 0 Å². The van der Waals surface area contributed by atoms with E-state index in [9.17, 15) is 9.90 Å². The Bertz CT molecular complexity index is 613. The molecule has 3 rings (SSSR count). The molecule has 1 N–H and O–H groups in total. The van der Waals surface area contributed by atoms with Gasteiger partial charge in [-0.25, -0.2) is 0 Å². The van der Waals surface area contributed by atoms with Crippen LogP contribution in [-0.4, -0.2) is 11.1 Å². The lowest BCUT2D eigenvalue weighted by atomic mass is 9.50. The van der Waals surface area contributed by atoms with Crippen molar-refractivity contribution in [3.8, 4) is 0 Å². The molecule has 1 aromatic carbocycles. The summed E-state index contributed by atoms with van der Waals surface area (Å²) in [6.45, 7) is 4.13. The molecule has 1 unspecified atom stereocenters. The second-order valence-corrected chi connectivity index (χ2v) is 7.76. The number of carboxylic acids is 1. The van der Waals surface area contributed by atoms with E-state index in [2.05, 4.69) is 13.0 Å². The Balaban J connectivity index is 2.16. The molecule has 0 heterocycles. The smallest absolute Gasteiger partial charge is 0.309 e. The first-order chi connectivity index (χ1) is 9.80. The Morgan fingerprint density at radius 2 is 2.00 bits per heavy atom. The van der Waals surface area contributed by atoms with E-state index in [0.29, 0.717) is 10.0 Å². The number of carbonyl (C=O) groups is 1. The molecule has 2 nitrogen and oxygen atoms in total. The minimum atomic E-state index is -0.665. The number of halogens is 2. The Kier molecular flexibility index (Phi) is 3.53. The molecule has 3 atom stereocenters. The molecule has 21 heavy (non-hydrogen) atoms. The van der Waals surface area contributed by atoms with Crippen molar-refractivity contribution in [2.75, 3.05) is 0 Å². The molecule has 1 saturated carbocycles. The normalized spacial score (nSPS) is 35.0. The Morgan fingerprint density at radius 3 is 2.67 bits per heavy atom. The average molecular weight is 327 g/mol. The van der Waals surface area contributed by atoms with Crippen LogP contribution in [-0.2, 0) is 16.6 Å². The van der Waals surface area contributed by atoms with Gasteiger partial charge in [0.2, 0.25) is 0 Å². The van der Waals surface area contributed by atoms with Gasteiger partial charge >= 0.3 is 5.97 Å². The number of carboxylic acid groups (broad SMARTS) is 1. The largest absolute Gasteiger partial charge is 0.481 e. The van der Waals surface area contributed by atoms with Crippen molar-refractivity contribution in [1.82, 2.24) is 0 Å². The first kappa shape index (κ1) is 15.2. The van der Waals surface area contributed by atoms with Crippen molar-refractivity contribution >= 4 is 29.2 Å². The third kappa shape index (κ3) is 2.03. The van der Waals surface area contributed by atoms with Gasteiger partial charge in [-0.05, 0) is 61.1 Å². The molecule has 4 heteroatoms. The van der Waals surface area contributed by atoms with Crippen molar-refractivity contribution < 1.29 is 9.90 Å². The third-order valence-electron chi connectivity index (χ3n) is 5.91. The first-order valence-corrected chi connectivity index (χ1v) is 8.27. The van der Waals surface area contributed by atoms with Crippen LogP contribution in [0.15, 0.2) is 12.1 Å². The van der Waals surface area contributed by atoms with Crippen molar-refractivity contribution in [3.05, 3.63) is 33.3 Å². The molecule has 0 amide bonds. The summed E-state index contributed by atoms with van der Waals surface area (Å²) in [6.07, 6.45) is 4.41. The highest BCUT2D eigenvalue weighted by molar-refractivity contribution is 6.42. The number of hydrogen-bond donors (Lipinski definition) is 1. The molecule has 0 radical (unpaired) electrons. The van der Waals surface area contributed by atoms with E-state index >= 15 is 0 Å². The number of benzene rings is 1. The number of fused-ring (bicyclic) bond motifs is 3. The van der Waals surface area contributed by atoms with Gasteiger partial charge in [-0.2, -0.15) is 0 Å². The summed E-state index contributed by atoms with van der Waals surface area (Å²) < 4.78 is 0. The van der Waals surface area contributed by atoms with E-state index in [-0.39, 0.29) is 11.3 Å². The minimum absolute atomic E-state index is 0.118. The zero-order valence-corrected chi connectivity index (χ0v) is 13.9. The SMILES string of the molecule is C[C@@]1(C(=O)O)CCC[C@]2(C)c3ccc(Cl)c(Cl)c3CCC12. The summed E-state index contributed by atoms with van der Waals surface area (Å²) in [6, 6.07) is 3.91. The van der Waals surface area contributed by atoms with E-state index in [0.717, 1.165) is 37.7 Å². The molecule has 0 aromatic heterocycles. The second kappa shape index (κ2) is 4.89. The van der Waals surface area contributed by atoms with E-state index < -0.39 is 11.4 Å². The standard InChI is InChI=1S/C17H20Cl2O2/c1-16-8-3-9-17(2,15(20)21)13(16)7-4-10-11(16)5-6-12(18)14(10)19/h5-6,13H,3-4,7-9H2,1-2H3,(H,20,21)/t13?,16-,17-/m1/s1. The summed E-state index contributed by atoms with van der Waals surface area (Å²) >= 11 is 12.5. The van der Waals surface area contributed by atoms with Crippen LogP contribution < -0.4 is 0 Å². The lowest BCUT2D eigenvalue weighted by molar-refractivity contribution is -0.157. The molecule has 2 aliphatic rings. The minimum Gasteiger partial charge on any atom is -0.481 e. The van der Waals surface area contributed by atoms with Crippen LogP contribution >= 0.6 is 23.2 Å². The molecular formula is C17H20Cl2O2. The lowest BCUT2D eigenvalue weighted by Gasteiger charge is -2.53. The molecule has 1 fully saturated rings. The maximum absolute atomic E-state index is 11.9. The molecule has 1 aromatic rings. The van der Waals surface area contributed by atoms with E-state index in [1.807, 2.05) is 13.0 Å². The van der Waals surface area contributed by atoms with Crippen LogP contribution in [0.5, 0.6) is 0 Å². The number of rotatable bonds is 1. The fourth-order valence-corrected chi connectivity index (χ4v) is 5.19. The zero-order chi connectivity index (χ0) is 15.4. The van der Waals surface area contributed by atoms with E-state index in [1.54, 1.807) is 0 Å². The van der Waals surface area contributed by atoms with Gasteiger partial charge in [-0.1, -0.05) is 42.6 Å². The van der Waals surface area contributed by atoms with Crippen LogP contribution in [0.25, 0.3) is 0 Å². The topological polar surface area (TPSA) is 37.3 Å². The molecular weight excluding hydrogens is 307 g/mol. The summed E-state index contributed by atoms with van der Waals surface area (Å²) in [5, 5.41) is 11.0. The van der Waals surface area contributed by atoms with Crippen LogP contribution in [0.2, 0.25) is 10.0 Å². The van der Waals surface area contributed by atoms with Crippen LogP contribution in [0.3, 0.4) is 0 Å². The molecule has 0 bridgehead atoms. The molecule has 2 aliphatic carbocycles. The molecule has 0 spiro atoms. The van der Waals surface area contributed by atoms with Crippen LogP contribution in [0.1, 0.15) is 50.7 Å². The summed E-state index contributed by atoms with van der Waals surface area (Å²) in [5.41, 5.74) is 1.57. The third-order valence-corrected chi connectivity index (χ3v) is 6.76. The Morgan fingerprint density at radius 1 is 1.29 bits per heavy atom. The Hall–Kier alpha value is -0.730. The fourth-order valence-electron chi connectivity index (χ4n) is 4.75. The van der Waals surface area contributed by atoms with Crippen molar-refractivity contribution in [2.24, 2.45) is 11.3 Å². The number of aliphatic carboxylic acids is 1. The first-order valence-electron chi connectivity index (χ1n) is 7.51. The summed E-state index contributed by atoms with van der Waals surface area (Å²) in [5.74, 6) is -0.511. The van der Waals surface area contributed by atoms with Gasteiger partial charge < -0.3 is 5.11 Å². The van der Waals surface area contributed by atoms with E-state index in [4.69, 9.17) is 23.2 Å². The van der Waals surface area contributed by atoms with Crippen molar-refractivity contribution in [3.63, 3.8) is 0 Å². The maximum atomic E-state index is 11.9. The van der Waals surface area contributed by atoms with Gasteiger partial charge in [0.1, 0.15) is 0 Å². The highest BCUT2D eigenvalue weighted by atomic mass is 35.5. The highest BCUT2D eigenvalue weighted by Gasteiger charge is 2.55. The second-order valence-electron chi connectivity index (χ2n) is 6.97. The van der Waals surface area contributed by atoms with Crippen LogP contribution in [0.4, 0.5) is 0 Å². The summed E-state index contributed by atoms with van der Waals surface area (Å²) in [4.78, 5) is 11.9. The molecule has 0 saturated heterocycles. The maximum Gasteiger partial charge on any atom is 0.309 e. The quantitative estimate of drug-likeness (QED) is 0.780. The van der Waals surface area contributed by atoms with Gasteiger partial charge in [-0.15, -0.1) is 0 Å². The Labute approximate surface area is 135 Å². The molecule has 114 valence electrons. The predicted molar refractivity (Wildman–Crippen MR) is 85.2 cm³/mol. The van der Waals surface area contributed by atoms with Gasteiger partial charge in [-0.3, -0.25) is 4.79 Å². The van der Waals surface area contributed by atoms with E-state index in [1.165, 1.54) is 5.56 Å². The summed E-state index contributed by atoms with van der Waals surface area (Å²) in [7, 11) is 0. The van der Waals surface area contributed by atoms with Crippen molar-refractivity contribution in [2.45, 2.75) is 51.4 Å². The monoisotopic (exact) mass is 326 g/mol.